The van der Waals surface area contributed by atoms with Crippen LogP contribution < -0.4 is 9.47 Å². The smallest absolute Gasteiger partial charge is 0.326 e. The molecule has 0 radical (unpaired) electrons. The zero-order valence-corrected chi connectivity index (χ0v) is 27.4. The molecule has 9 rings (SSSR count). The maximum Gasteiger partial charge on any atom is 0.326 e. The van der Waals surface area contributed by atoms with Gasteiger partial charge < -0.3 is 14.2 Å². The maximum absolute atomic E-state index is 15.0. The highest BCUT2D eigenvalue weighted by Gasteiger charge is 2.62. The van der Waals surface area contributed by atoms with E-state index in [9.17, 15) is 0 Å². The van der Waals surface area contributed by atoms with Crippen LogP contribution in [0.5, 0.6) is 11.5 Å². The molecule has 1 aliphatic heterocycles. The second-order valence-electron chi connectivity index (χ2n) is 13.7. The molecular weight excluding hydrogens is 620 g/mol. The first-order chi connectivity index (χ1) is 24.5. The number of benzene rings is 6. The standard InChI is InChI=1S/C45H34O5/c46-41(49-31-15-3-1-4-16-31)44(37-23-11-7-19-33(37)34-20-8-12-24-38(34)44)27-43(29-48-30-43)28-45(42(47)50-32-17-5-2-6-18-32)39-25-13-9-21-35(39)36-22-10-14-26-40(36)45/h1-26H,27-30H2. The highest BCUT2D eigenvalue weighted by Crippen LogP contribution is 2.61. The van der Waals surface area contributed by atoms with Crippen molar-refractivity contribution in [2.24, 2.45) is 5.41 Å². The lowest BCUT2D eigenvalue weighted by molar-refractivity contribution is -0.160. The highest BCUT2D eigenvalue weighted by atomic mass is 16.5. The molecule has 0 saturated carbocycles. The molecule has 1 heterocycles. The minimum absolute atomic E-state index is 0.347. The van der Waals surface area contributed by atoms with Gasteiger partial charge in [-0.05, 0) is 81.6 Å². The molecule has 3 aliphatic rings. The normalized spacial score (nSPS) is 16.6. The molecule has 6 aromatic carbocycles. The minimum atomic E-state index is -1.16. The van der Waals surface area contributed by atoms with Gasteiger partial charge in [-0.25, -0.2) is 0 Å². The van der Waals surface area contributed by atoms with E-state index in [1.807, 2.05) is 109 Å². The predicted octanol–water partition coefficient (Wildman–Crippen LogP) is 8.93. The Labute approximate surface area is 291 Å². The van der Waals surface area contributed by atoms with E-state index in [0.29, 0.717) is 37.6 Å². The van der Waals surface area contributed by atoms with Crippen LogP contribution >= 0.6 is 0 Å². The predicted molar refractivity (Wildman–Crippen MR) is 192 cm³/mol. The second-order valence-corrected chi connectivity index (χ2v) is 13.7. The van der Waals surface area contributed by atoms with Gasteiger partial charge >= 0.3 is 11.9 Å². The van der Waals surface area contributed by atoms with Gasteiger partial charge in [-0.15, -0.1) is 0 Å². The van der Waals surface area contributed by atoms with E-state index in [-0.39, 0.29) is 11.9 Å². The third kappa shape index (κ3) is 4.50. The van der Waals surface area contributed by atoms with Crippen LogP contribution in [0, 0.1) is 5.41 Å². The van der Waals surface area contributed by atoms with Gasteiger partial charge in [0.1, 0.15) is 22.3 Å². The van der Waals surface area contributed by atoms with Crippen molar-refractivity contribution in [3.63, 3.8) is 0 Å². The highest BCUT2D eigenvalue weighted by molar-refractivity contribution is 6.00. The summed E-state index contributed by atoms with van der Waals surface area (Å²) in [7, 11) is 0. The lowest BCUT2D eigenvalue weighted by atomic mass is 9.58. The van der Waals surface area contributed by atoms with Gasteiger partial charge in [-0.2, -0.15) is 0 Å². The summed E-state index contributed by atoms with van der Waals surface area (Å²) >= 11 is 0. The molecule has 0 bridgehead atoms. The number of rotatable bonds is 8. The summed E-state index contributed by atoms with van der Waals surface area (Å²) in [6, 6.07) is 51.0. The van der Waals surface area contributed by atoms with Crippen LogP contribution in [0.2, 0.25) is 0 Å². The van der Waals surface area contributed by atoms with Crippen molar-refractivity contribution < 1.29 is 23.8 Å². The Balaban J connectivity index is 1.23. The molecule has 50 heavy (non-hydrogen) atoms. The Morgan fingerprint density at radius 1 is 0.440 bits per heavy atom. The number of hydrogen-bond acceptors (Lipinski definition) is 5. The number of para-hydroxylation sites is 2. The van der Waals surface area contributed by atoms with Crippen molar-refractivity contribution in [1.82, 2.24) is 0 Å². The van der Waals surface area contributed by atoms with Crippen molar-refractivity contribution in [1.29, 1.82) is 0 Å². The number of ether oxygens (including phenoxy) is 3. The van der Waals surface area contributed by atoms with E-state index in [4.69, 9.17) is 14.2 Å². The average Bonchev–Trinajstić information content (AvgIpc) is 3.60. The summed E-state index contributed by atoms with van der Waals surface area (Å²) < 4.78 is 18.7. The molecule has 0 atom stereocenters. The first-order valence-corrected chi connectivity index (χ1v) is 17.1. The summed E-state index contributed by atoms with van der Waals surface area (Å²) in [5.41, 5.74) is 4.74. The zero-order valence-electron chi connectivity index (χ0n) is 27.4. The minimum Gasteiger partial charge on any atom is -0.426 e. The van der Waals surface area contributed by atoms with E-state index in [0.717, 1.165) is 44.5 Å². The lowest BCUT2D eigenvalue weighted by Crippen LogP contribution is -2.55. The molecule has 0 N–H and O–H groups in total. The quantitative estimate of drug-likeness (QED) is 0.121. The number of carbonyl (C=O) groups is 2. The van der Waals surface area contributed by atoms with Crippen LogP contribution in [0.25, 0.3) is 22.3 Å². The third-order valence-corrected chi connectivity index (χ3v) is 10.8. The van der Waals surface area contributed by atoms with Crippen LogP contribution in [0.15, 0.2) is 158 Å². The fourth-order valence-electron chi connectivity index (χ4n) is 8.76. The molecule has 5 nitrogen and oxygen atoms in total. The average molecular weight is 655 g/mol. The van der Waals surface area contributed by atoms with Crippen molar-refractivity contribution in [2.75, 3.05) is 13.2 Å². The molecule has 1 fully saturated rings. The molecule has 0 amide bonds. The topological polar surface area (TPSA) is 61.8 Å². The zero-order chi connectivity index (χ0) is 33.8. The van der Waals surface area contributed by atoms with Gasteiger partial charge in [-0.3, -0.25) is 9.59 Å². The van der Waals surface area contributed by atoms with Crippen molar-refractivity contribution >= 4 is 11.9 Å². The van der Waals surface area contributed by atoms with Crippen LogP contribution in [0.1, 0.15) is 35.1 Å². The summed E-state index contributed by atoms with van der Waals surface area (Å²) in [4.78, 5) is 30.0. The first kappa shape index (κ1) is 30.3. The van der Waals surface area contributed by atoms with Gasteiger partial charge in [0.05, 0.1) is 13.2 Å². The number of carbonyl (C=O) groups excluding carboxylic acids is 2. The third-order valence-electron chi connectivity index (χ3n) is 10.8. The second kappa shape index (κ2) is 11.7. The number of esters is 2. The SMILES string of the molecule is O=C(Oc1ccccc1)C1(CC2(CC3(C(=O)Oc4ccccc4)c4ccccc4-c4ccccc43)COC2)c2ccccc2-c2ccccc21. The van der Waals surface area contributed by atoms with E-state index in [2.05, 4.69) is 48.5 Å². The number of fused-ring (bicyclic) bond motifs is 6. The first-order valence-electron chi connectivity index (χ1n) is 17.1. The van der Waals surface area contributed by atoms with E-state index in [1.54, 1.807) is 0 Å². The van der Waals surface area contributed by atoms with Gasteiger partial charge in [0.25, 0.3) is 0 Å². The van der Waals surface area contributed by atoms with Gasteiger partial charge in [0.2, 0.25) is 0 Å². The Bertz CT molecular complexity index is 2010. The maximum atomic E-state index is 15.0. The lowest BCUT2D eigenvalue weighted by Gasteiger charge is -2.50. The molecule has 244 valence electrons. The van der Waals surface area contributed by atoms with Crippen molar-refractivity contribution in [2.45, 2.75) is 23.7 Å². The van der Waals surface area contributed by atoms with Crippen molar-refractivity contribution in [3.8, 4) is 33.8 Å². The van der Waals surface area contributed by atoms with Crippen LogP contribution in [-0.4, -0.2) is 25.2 Å². The summed E-state index contributed by atoms with van der Waals surface area (Å²) in [5, 5.41) is 0. The summed E-state index contributed by atoms with van der Waals surface area (Å²) in [5.74, 6) is 0.277. The fourth-order valence-corrected chi connectivity index (χ4v) is 8.76. The van der Waals surface area contributed by atoms with Crippen LogP contribution in [-0.2, 0) is 25.2 Å². The van der Waals surface area contributed by atoms with E-state index < -0.39 is 16.2 Å². The Hall–Kier alpha value is -5.78. The molecule has 0 unspecified atom stereocenters. The van der Waals surface area contributed by atoms with Gasteiger partial charge in [0.15, 0.2) is 0 Å². The molecule has 2 aliphatic carbocycles. The number of hydrogen-bond donors (Lipinski definition) is 0. The largest absolute Gasteiger partial charge is 0.426 e. The van der Waals surface area contributed by atoms with Gasteiger partial charge in [-0.1, -0.05) is 133 Å². The molecular formula is C45H34O5. The molecule has 0 spiro atoms. The van der Waals surface area contributed by atoms with Gasteiger partial charge in [0, 0.05) is 5.41 Å². The van der Waals surface area contributed by atoms with E-state index in [1.165, 1.54) is 0 Å². The van der Waals surface area contributed by atoms with E-state index >= 15 is 9.59 Å². The molecule has 1 saturated heterocycles. The van der Waals surface area contributed by atoms with Crippen LogP contribution in [0.3, 0.4) is 0 Å². The summed E-state index contributed by atoms with van der Waals surface area (Å²) in [6.07, 6.45) is 0.759. The molecule has 0 aromatic heterocycles. The Morgan fingerprint density at radius 2 is 0.740 bits per heavy atom. The summed E-state index contributed by atoms with van der Waals surface area (Å²) in [6.45, 7) is 0.755. The fraction of sp³-hybridized carbons (Fsp3) is 0.156. The molecule has 6 aromatic rings. The Kier molecular flexibility index (Phi) is 7.08. The monoisotopic (exact) mass is 654 g/mol. The van der Waals surface area contributed by atoms with Crippen LogP contribution in [0.4, 0.5) is 0 Å². The van der Waals surface area contributed by atoms with Crippen molar-refractivity contribution in [3.05, 3.63) is 180 Å². The Morgan fingerprint density at radius 3 is 1.04 bits per heavy atom. The molecule has 5 heteroatoms.